The lowest BCUT2D eigenvalue weighted by atomic mass is 10.1. The maximum atomic E-state index is 11.5. The average Bonchev–Trinajstić information content (AvgIpc) is 2.62. The molecule has 1 aromatic rings. The van der Waals surface area contributed by atoms with Crippen molar-refractivity contribution in [2.45, 2.75) is 13.3 Å². The Labute approximate surface area is 96.8 Å². The lowest BCUT2D eigenvalue weighted by molar-refractivity contribution is 0.0916. The van der Waals surface area contributed by atoms with Gasteiger partial charge in [-0.2, -0.15) is 0 Å². The van der Waals surface area contributed by atoms with Crippen molar-refractivity contribution in [1.29, 1.82) is 0 Å². The van der Waals surface area contributed by atoms with Gasteiger partial charge in [0.05, 0.1) is 0 Å². The summed E-state index contributed by atoms with van der Waals surface area (Å²) < 4.78 is 5.63. The number of aliphatic hydroxyl groups excluding tert-OH is 1. The monoisotopic (exact) mass is 275 g/mol. The molecule has 0 aliphatic rings. The van der Waals surface area contributed by atoms with E-state index in [0.717, 1.165) is 0 Å². The van der Waals surface area contributed by atoms with Crippen LogP contribution in [0.15, 0.2) is 21.2 Å². The van der Waals surface area contributed by atoms with Gasteiger partial charge in [0.25, 0.3) is 5.91 Å². The van der Waals surface area contributed by atoms with E-state index in [-0.39, 0.29) is 24.2 Å². The van der Waals surface area contributed by atoms with Crippen molar-refractivity contribution >= 4 is 21.8 Å². The molecule has 2 N–H and O–H groups in total. The quantitative estimate of drug-likeness (QED) is 0.861. The zero-order valence-corrected chi connectivity index (χ0v) is 10.1. The molecule has 1 atom stereocenters. The van der Waals surface area contributed by atoms with E-state index in [1.54, 1.807) is 12.1 Å². The van der Waals surface area contributed by atoms with Gasteiger partial charge in [-0.3, -0.25) is 4.79 Å². The molecule has 1 aromatic heterocycles. The third-order valence-electron chi connectivity index (χ3n) is 2.03. The zero-order valence-electron chi connectivity index (χ0n) is 8.50. The van der Waals surface area contributed by atoms with Gasteiger partial charge in [0.2, 0.25) is 0 Å². The first-order valence-corrected chi connectivity index (χ1v) is 5.57. The first kappa shape index (κ1) is 12.3. The van der Waals surface area contributed by atoms with E-state index in [9.17, 15) is 4.79 Å². The molecule has 1 amide bonds. The van der Waals surface area contributed by atoms with Gasteiger partial charge in [0, 0.05) is 13.2 Å². The van der Waals surface area contributed by atoms with Crippen LogP contribution in [0.1, 0.15) is 23.9 Å². The maximum absolute atomic E-state index is 11.5. The zero-order chi connectivity index (χ0) is 11.3. The molecule has 0 radical (unpaired) electrons. The molecule has 0 saturated carbocycles. The number of hydrogen-bond acceptors (Lipinski definition) is 3. The molecule has 0 spiro atoms. The molecular weight excluding hydrogens is 262 g/mol. The van der Waals surface area contributed by atoms with Gasteiger partial charge in [0.1, 0.15) is 0 Å². The largest absolute Gasteiger partial charge is 0.444 e. The molecule has 15 heavy (non-hydrogen) atoms. The van der Waals surface area contributed by atoms with Crippen molar-refractivity contribution in [1.82, 2.24) is 5.32 Å². The Morgan fingerprint density at radius 1 is 1.67 bits per heavy atom. The van der Waals surface area contributed by atoms with Gasteiger partial charge < -0.3 is 14.8 Å². The highest BCUT2D eigenvalue weighted by molar-refractivity contribution is 9.10. The molecular formula is C10H14BrNO3. The van der Waals surface area contributed by atoms with E-state index < -0.39 is 0 Å². The summed E-state index contributed by atoms with van der Waals surface area (Å²) >= 11 is 3.13. The minimum absolute atomic E-state index is 0.142. The Kier molecular flexibility index (Phi) is 4.84. The first-order valence-electron chi connectivity index (χ1n) is 4.78. The van der Waals surface area contributed by atoms with Crippen LogP contribution in [-0.4, -0.2) is 24.2 Å². The highest BCUT2D eigenvalue weighted by atomic mass is 79.9. The second-order valence-corrected chi connectivity index (χ2v) is 4.21. The number of rotatable bonds is 5. The van der Waals surface area contributed by atoms with Crippen LogP contribution in [0.3, 0.4) is 0 Å². The lowest BCUT2D eigenvalue weighted by Crippen LogP contribution is -2.28. The number of carbonyl (C=O) groups excluding carboxylic acids is 1. The van der Waals surface area contributed by atoms with Crippen molar-refractivity contribution in [3.05, 3.63) is 22.6 Å². The van der Waals surface area contributed by atoms with Crippen molar-refractivity contribution in [2.75, 3.05) is 13.2 Å². The second kappa shape index (κ2) is 5.92. The van der Waals surface area contributed by atoms with Crippen molar-refractivity contribution in [3.63, 3.8) is 0 Å². The Hall–Kier alpha value is -0.810. The molecule has 1 heterocycles. The Balaban J connectivity index is 2.36. The molecule has 0 aromatic carbocycles. The van der Waals surface area contributed by atoms with Gasteiger partial charge >= 0.3 is 0 Å². The number of halogens is 1. The Morgan fingerprint density at radius 2 is 2.40 bits per heavy atom. The minimum atomic E-state index is -0.231. The van der Waals surface area contributed by atoms with Gasteiger partial charge in [-0.15, -0.1) is 0 Å². The predicted molar refractivity (Wildman–Crippen MR) is 59.6 cm³/mol. The van der Waals surface area contributed by atoms with E-state index in [0.29, 0.717) is 17.6 Å². The predicted octanol–water partition coefficient (Wildman–Crippen LogP) is 1.79. The normalized spacial score (nSPS) is 12.5. The third kappa shape index (κ3) is 4.05. The maximum Gasteiger partial charge on any atom is 0.287 e. The van der Waals surface area contributed by atoms with Gasteiger partial charge in [0.15, 0.2) is 10.4 Å². The van der Waals surface area contributed by atoms with E-state index in [2.05, 4.69) is 21.2 Å². The van der Waals surface area contributed by atoms with Gasteiger partial charge in [-0.1, -0.05) is 6.92 Å². The van der Waals surface area contributed by atoms with Crippen LogP contribution in [0, 0.1) is 5.92 Å². The van der Waals surface area contributed by atoms with Crippen LogP contribution in [0.25, 0.3) is 0 Å². The number of aliphatic hydroxyl groups is 1. The molecule has 4 nitrogen and oxygen atoms in total. The summed E-state index contributed by atoms with van der Waals surface area (Å²) in [5, 5.41) is 11.4. The minimum Gasteiger partial charge on any atom is -0.444 e. The average molecular weight is 276 g/mol. The third-order valence-corrected chi connectivity index (χ3v) is 2.46. The fourth-order valence-electron chi connectivity index (χ4n) is 1.11. The van der Waals surface area contributed by atoms with Crippen LogP contribution >= 0.6 is 15.9 Å². The summed E-state index contributed by atoms with van der Waals surface area (Å²) in [4.78, 5) is 11.5. The van der Waals surface area contributed by atoms with Crippen molar-refractivity contribution in [2.24, 2.45) is 5.92 Å². The molecule has 0 aliphatic carbocycles. The topological polar surface area (TPSA) is 62.5 Å². The highest BCUT2D eigenvalue weighted by Crippen LogP contribution is 2.13. The Morgan fingerprint density at radius 3 is 2.93 bits per heavy atom. The summed E-state index contributed by atoms with van der Waals surface area (Å²) in [6, 6.07) is 3.28. The summed E-state index contributed by atoms with van der Waals surface area (Å²) in [5.41, 5.74) is 0. The van der Waals surface area contributed by atoms with Crippen molar-refractivity contribution in [3.8, 4) is 0 Å². The Bertz CT molecular complexity index is 324. The number of furan rings is 1. The highest BCUT2D eigenvalue weighted by Gasteiger charge is 2.11. The van der Waals surface area contributed by atoms with Gasteiger partial charge in [-0.05, 0) is 40.4 Å². The molecule has 0 bridgehead atoms. The number of carbonyl (C=O) groups is 1. The van der Waals surface area contributed by atoms with Crippen LogP contribution in [-0.2, 0) is 0 Å². The molecule has 0 saturated heterocycles. The fraction of sp³-hybridized carbons (Fsp3) is 0.500. The fourth-order valence-corrected chi connectivity index (χ4v) is 1.42. The van der Waals surface area contributed by atoms with Crippen LogP contribution < -0.4 is 5.32 Å². The summed E-state index contributed by atoms with van der Waals surface area (Å²) in [6.07, 6.45) is 0.683. The standard InChI is InChI=1S/C10H14BrNO3/c1-7(4-5-13)6-12-10(14)8-2-3-9(11)15-8/h2-3,7,13H,4-6H2,1H3,(H,12,14). The molecule has 1 unspecified atom stereocenters. The smallest absolute Gasteiger partial charge is 0.287 e. The summed E-state index contributed by atoms with van der Waals surface area (Å²) in [6.45, 7) is 2.65. The van der Waals surface area contributed by atoms with Crippen molar-refractivity contribution < 1.29 is 14.3 Å². The number of hydrogen-bond donors (Lipinski definition) is 2. The van der Waals surface area contributed by atoms with E-state index in [1.807, 2.05) is 6.92 Å². The summed E-state index contributed by atoms with van der Waals surface area (Å²) in [7, 11) is 0. The van der Waals surface area contributed by atoms with Crippen LogP contribution in [0.5, 0.6) is 0 Å². The first-order chi connectivity index (χ1) is 7.13. The van der Waals surface area contributed by atoms with E-state index in [1.165, 1.54) is 0 Å². The van der Waals surface area contributed by atoms with Crippen LogP contribution in [0.4, 0.5) is 0 Å². The molecule has 0 aliphatic heterocycles. The molecule has 5 heteroatoms. The van der Waals surface area contributed by atoms with Crippen LogP contribution in [0.2, 0.25) is 0 Å². The molecule has 0 fully saturated rings. The van der Waals surface area contributed by atoms with E-state index in [4.69, 9.17) is 9.52 Å². The molecule has 1 rings (SSSR count). The van der Waals surface area contributed by atoms with Gasteiger partial charge in [-0.25, -0.2) is 0 Å². The number of nitrogens with one attached hydrogen (secondary N) is 1. The number of amides is 1. The summed E-state index contributed by atoms with van der Waals surface area (Å²) in [5.74, 6) is 0.320. The molecule has 84 valence electrons. The second-order valence-electron chi connectivity index (χ2n) is 3.43. The SMILES string of the molecule is CC(CCO)CNC(=O)c1ccc(Br)o1. The van der Waals surface area contributed by atoms with E-state index >= 15 is 0 Å². The lowest BCUT2D eigenvalue weighted by Gasteiger charge is -2.09.